The summed E-state index contributed by atoms with van der Waals surface area (Å²) in [5.74, 6) is -0.736. The van der Waals surface area contributed by atoms with Crippen LogP contribution in [0.3, 0.4) is 0 Å². The molecule has 2 aromatic rings. The van der Waals surface area contributed by atoms with Gasteiger partial charge in [0.25, 0.3) is 5.91 Å². The van der Waals surface area contributed by atoms with E-state index in [4.69, 9.17) is 4.74 Å². The second kappa shape index (κ2) is 7.13. The molecule has 5 rings (SSSR count). The van der Waals surface area contributed by atoms with Gasteiger partial charge in [0, 0.05) is 42.7 Å². The SMILES string of the molecule is CC(C)(CNC(=O)c1nn(-c2ccc(F)cc2F)c2c1C[C@H]1C[C@@H]21)N1CCOCC1. The van der Waals surface area contributed by atoms with Gasteiger partial charge in [0.2, 0.25) is 0 Å². The van der Waals surface area contributed by atoms with E-state index in [0.29, 0.717) is 37.3 Å². The van der Waals surface area contributed by atoms with Crippen molar-refractivity contribution in [1.82, 2.24) is 20.0 Å². The van der Waals surface area contributed by atoms with E-state index >= 15 is 0 Å². The first-order valence-electron chi connectivity index (χ1n) is 10.5. The lowest BCUT2D eigenvalue weighted by molar-refractivity contribution is -0.00925. The molecule has 1 aliphatic heterocycles. The van der Waals surface area contributed by atoms with Gasteiger partial charge in [-0.05, 0) is 44.7 Å². The fourth-order valence-corrected chi connectivity index (χ4v) is 4.80. The number of amides is 1. The summed E-state index contributed by atoms with van der Waals surface area (Å²) < 4.78 is 34.8. The minimum Gasteiger partial charge on any atom is -0.379 e. The van der Waals surface area contributed by atoms with Gasteiger partial charge in [-0.25, -0.2) is 13.5 Å². The highest BCUT2D eigenvalue weighted by atomic mass is 19.1. The fourth-order valence-electron chi connectivity index (χ4n) is 4.80. The summed E-state index contributed by atoms with van der Waals surface area (Å²) in [6.45, 7) is 7.74. The maximum Gasteiger partial charge on any atom is 0.272 e. The molecule has 0 bridgehead atoms. The second-order valence-corrected chi connectivity index (χ2v) is 9.12. The van der Waals surface area contributed by atoms with Crippen LogP contribution in [0.2, 0.25) is 0 Å². The Kier molecular flexibility index (Phi) is 4.67. The molecular formula is C22H26F2N4O2. The number of morpholine rings is 1. The summed E-state index contributed by atoms with van der Waals surface area (Å²) in [7, 11) is 0. The third-order valence-corrected chi connectivity index (χ3v) is 6.67. The van der Waals surface area contributed by atoms with Gasteiger partial charge in [-0.2, -0.15) is 5.10 Å². The molecule has 1 saturated heterocycles. The molecule has 0 unspecified atom stereocenters. The van der Waals surface area contributed by atoms with E-state index in [2.05, 4.69) is 29.2 Å². The zero-order valence-electron chi connectivity index (χ0n) is 17.3. The number of aromatic nitrogens is 2. The number of ether oxygens (including phenoxy) is 1. The highest BCUT2D eigenvalue weighted by molar-refractivity contribution is 5.94. The third kappa shape index (κ3) is 3.32. The predicted molar refractivity (Wildman–Crippen MR) is 107 cm³/mol. The van der Waals surface area contributed by atoms with Crippen LogP contribution in [-0.2, 0) is 11.2 Å². The lowest BCUT2D eigenvalue weighted by Gasteiger charge is -2.40. The summed E-state index contributed by atoms with van der Waals surface area (Å²) in [6, 6.07) is 3.46. The maximum absolute atomic E-state index is 14.4. The lowest BCUT2D eigenvalue weighted by atomic mass is 10.0. The van der Waals surface area contributed by atoms with Crippen LogP contribution in [0.25, 0.3) is 5.69 Å². The Hall–Kier alpha value is -2.32. The van der Waals surface area contributed by atoms with Gasteiger partial charge < -0.3 is 10.1 Å². The zero-order chi connectivity index (χ0) is 21.0. The molecule has 8 heteroatoms. The number of benzene rings is 1. The second-order valence-electron chi connectivity index (χ2n) is 9.12. The van der Waals surface area contributed by atoms with E-state index in [1.54, 1.807) is 0 Å². The monoisotopic (exact) mass is 416 g/mol. The molecule has 1 aromatic carbocycles. The van der Waals surface area contributed by atoms with Crippen molar-refractivity contribution in [2.24, 2.45) is 5.92 Å². The average molecular weight is 416 g/mol. The van der Waals surface area contributed by atoms with Crippen LogP contribution in [0.15, 0.2) is 18.2 Å². The topological polar surface area (TPSA) is 59.4 Å². The normalized spacial score (nSPS) is 23.2. The van der Waals surface area contributed by atoms with E-state index in [9.17, 15) is 13.6 Å². The number of rotatable bonds is 5. The summed E-state index contributed by atoms with van der Waals surface area (Å²) in [4.78, 5) is 15.4. The Morgan fingerprint density at radius 2 is 2.07 bits per heavy atom. The van der Waals surface area contributed by atoms with Crippen molar-refractivity contribution in [2.45, 2.75) is 38.1 Å². The predicted octanol–water partition coefficient (Wildman–Crippen LogP) is 2.65. The highest BCUT2D eigenvalue weighted by Gasteiger charge is 2.50. The number of nitrogens with zero attached hydrogens (tertiary/aromatic N) is 3. The van der Waals surface area contributed by atoms with Gasteiger partial charge >= 0.3 is 0 Å². The van der Waals surface area contributed by atoms with Crippen molar-refractivity contribution < 1.29 is 18.3 Å². The van der Waals surface area contributed by atoms with Gasteiger partial charge in [-0.1, -0.05) is 0 Å². The van der Waals surface area contributed by atoms with Gasteiger partial charge in [0.05, 0.1) is 18.9 Å². The summed E-state index contributed by atoms with van der Waals surface area (Å²) >= 11 is 0. The van der Waals surface area contributed by atoms with Gasteiger partial charge in [0.1, 0.15) is 11.5 Å². The molecule has 3 aliphatic rings. The number of hydrogen-bond acceptors (Lipinski definition) is 4. The van der Waals surface area contributed by atoms with Crippen molar-refractivity contribution in [1.29, 1.82) is 0 Å². The first-order chi connectivity index (χ1) is 14.3. The lowest BCUT2D eigenvalue weighted by Crippen LogP contribution is -2.55. The summed E-state index contributed by atoms with van der Waals surface area (Å²) in [5, 5.41) is 7.52. The largest absolute Gasteiger partial charge is 0.379 e. The Labute approximate surface area is 174 Å². The van der Waals surface area contributed by atoms with Crippen LogP contribution in [0.5, 0.6) is 0 Å². The van der Waals surface area contributed by atoms with Crippen molar-refractivity contribution >= 4 is 5.91 Å². The van der Waals surface area contributed by atoms with Crippen LogP contribution in [0, 0.1) is 17.6 Å². The van der Waals surface area contributed by atoms with Gasteiger partial charge in [-0.3, -0.25) is 9.69 Å². The molecule has 2 heterocycles. The minimum absolute atomic E-state index is 0.188. The Balaban J connectivity index is 1.40. The fraction of sp³-hybridized carbons (Fsp3) is 0.545. The van der Waals surface area contributed by atoms with Crippen LogP contribution in [-0.4, -0.2) is 59.0 Å². The molecule has 6 nitrogen and oxygen atoms in total. The minimum atomic E-state index is -0.676. The van der Waals surface area contributed by atoms with E-state index in [-0.39, 0.29) is 17.1 Å². The van der Waals surface area contributed by atoms with E-state index in [1.807, 2.05) is 0 Å². The number of hydrogen-bond donors (Lipinski definition) is 1. The molecule has 1 N–H and O–H groups in total. The molecule has 30 heavy (non-hydrogen) atoms. The molecule has 1 aromatic heterocycles. The van der Waals surface area contributed by atoms with Gasteiger partial charge in [0.15, 0.2) is 11.5 Å². The summed E-state index contributed by atoms with van der Waals surface area (Å²) in [6.07, 6.45) is 1.82. The number of carbonyl (C=O) groups is 1. The Morgan fingerprint density at radius 3 is 2.80 bits per heavy atom. The third-order valence-electron chi connectivity index (χ3n) is 6.67. The Bertz CT molecular complexity index is 997. The molecule has 160 valence electrons. The average Bonchev–Trinajstić information content (AvgIpc) is 3.23. The maximum atomic E-state index is 14.4. The van der Waals surface area contributed by atoms with Crippen LogP contribution in [0.1, 0.15) is 47.9 Å². The molecule has 1 amide bonds. The van der Waals surface area contributed by atoms with Crippen molar-refractivity contribution in [3.63, 3.8) is 0 Å². The number of carbonyl (C=O) groups excluding carboxylic acids is 1. The van der Waals surface area contributed by atoms with E-state index < -0.39 is 11.6 Å². The highest BCUT2D eigenvalue weighted by Crippen LogP contribution is 2.57. The van der Waals surface area contributed by atoms with Crippen LogP contribution in [0.4, 0.5) is 8.78 Å². The first-order valence-corrected chi connectivity index (χ1v) is 10.5. The molecular weight excluding hydrogens is 390 g/mol. The standard InChI is InChI=1S/C22H26F2N4O2/c1-22(2,27-5-7-30-8-6-27)12-25-21(29)19-16-10-13-9-15(13)20(16)28(26-19)18-4-3-14(23)11-17(18)24/h3-4,11,13,15H,5-10,12H2,1-2H3,(H,25,29)/t13-,15-/m1/s1. The number of halogens is 2. The first kappa shape index (κ1) is 19.6. The molecule has 2 aliphatic carbocycles. The molecule has 1 saturated carbocycles. The molecule has 2 atom stereocenters. The van der Waals surface area contributed by atoms with Crippen molar-refractivity contribution in [3.8, 4) is 5.69 Å². The summed E-state index contributed by atoms with van der Waals surface area (Å²) in [5.41, 5.74) is 2.15. The molecule has 0 spiro atoms. The number of nitrogens with one attached hydrogen (secondary N) is 1. The zero-order valence-corrected chi connectivity index (χ0v) is 17.3. The molecule has 0 radical (unpaired) electrons. The smallest absolute Gasteiger partial charge is 0.272 e. The number of fused-ring (bicyclic) bond motifs is 3. The van der Waals surface area contributed by atoms with Crippen LogP contribution >= 0.6 is 0 Å². The quantitative estimate of drug-likeness (QED) is 0.814. The van der Waals surface area contributed by atoms with Crippen molar-refractivity contribution in [3.05, 3.63) is 46.8 Å². The van der Waals surface area contributed by atoms with Gasteiger partial charge in [-0.15, -0.1) is 0 Å². The van der Waals surface area contributed by atoms with E-state index in [0.717, 1.165) is 43.3 Å². The van der Waals surface area contributed by atoms with Crippen LogP contribution < -0.4 is 5.32 Å². The van der Waals surface area contributed by atoms with Crippen molar-refractivity contribution in [2.75, 3.05) is 32.8 Å². The molecule has 2 fully saturated rings. The van der Waals surface area contributed by atoms with E-state index in [1.165, 1.54) is 16.8 Å². The Morgan fingerprint density at radius 1 is 1.30 bits per heavy atom.